The van der Waals surface area contributed by atoms with Gasteiger partial charge in [-0.3, -0.25) is 4.79 Å². The lowest BCUT2D eigenvalue weighted by molar-refractivity contribution is 0.0687. The molecule has 3 rings (SSSR count). The van der Waals surface area contributed by atoms with Gasteiger partial charge in [0.2, 0.25) is 0 Å². The standard InChI is InChI=1S/C20H23ClN2O2.ClH/c1-25-19-13-18(22)17(21)12-16(19)20(24)23-9-7-15(8-10-23)11-14-5-3-2-4-6-14;/h2-6,12-13,15H,7-11,22H2,1H3;1H. The Labute approximate surface area is 165 Å². The number of nitrogens with two attached hydrogens (primary N) is 1. The minimum atomic E-state index is -0.0445. The van der Waals surface area contributed by atoms with Crippen LogP contribution in [0.15, 0.2) is 42.5 Å². The van der Waals surface area contributed by atoms with Gasteiger partial charge in [-0.25, -0.2) is 0 Å². The van der Waals surface area contributed by atoms with Crippen molar-refractivity contribution in [2.24, 2.45) is 5.92 Å². The molecule has 0 spiro atoms. The van der Waals surface area contributed by atoms with Gasteiger partial charge in [-0.15, -0.1) is 12.4 Å². The van der Waals surface area contributed by atoms with E-state index in [-0.39, 0.29) is 18.3 Å². The van der Waals surface area contributed by atoms with Gasteiger partial charge in [0, 0.05) is 19.2 Å². The van der Waals surface area contributed by atoms with Crippen LogP contribution in [0.1, 0.15) is 28.8 Å². The van der Waals surface area contributed by atoms with Crippen LogP contribution in [-0.4, -0.2) is 31.0 Å². The van der Waals surface area contributed by atoms with E-state index in [9.17, 15) is 4.79 Å². The van der Waals surface area contributed by atoms with Crippen molar-refractivity contribution >= 4 is 35.6 Å². The van der Waals surface area contributed by atoms with Crippen LogP contribution in [0.4, 0.5) is 5.69 Å². The summed E-state index contributed by atoms with van der Waals surface area (Å²) < 4.78 is 5.31. The molecular weight excluding hydrogens is 371 g/mol. The second-order valence-electron chi connectivity index (χ2n) is 6.50. The van der Waals surface area contributed by atoms with Gasteiger partial charge in [-0.05, 0) is 36.8 Å². The highest BCUT2D eigenvalue weighted by Crippen LogP contribution is 2.31. The molecule has 0 bridgehead atoms. The highest BCUT2D eigenvalue weighted by Gasteiger charge is 2.26. The number of rotatable bonds is 4. The third kappa shape index (κ3) is 4.63. The van der Waals surface area contributed by atoms with E-state index in [1.807, 2.05) is 11.0 Å². The molecular formula is C20H24Cl2N2O2. The molecule has 0 unspecified atom stereocenters. The Balaban J connectivity index is 0.00000243. The molecule has 140 valence electrons. The number of likely N-dealkylation sites (tertiary alicyclic amines) is 1. The number of halogens is 2. The molecule has 0 atom stereocenters. The molecule has 6 heteroatoms. The third-order valence-corrected chi connectivity index (χ3v) is 5.15. The maximum Gasteiger partial charge on any atom is 0.257 e. The Bertz CT molecular complexity index is 745. The fourth-order valence-electron chi connectivity index (χ4n) is 3.36. The molecule has 1 amide bonds. The Morgan fingerprint density at radius 3 is 2.50 bits per heavy atom. The quantitative estimate of drug-likeness (QED) is 0.779. The molecule has 0 aromatic heterocycles. The molecule has 26 heavy (non-hydrogen) atoms. The Kier molecular flexibility index (Phi) is 7.18. The monoisotopic (exact) mass is 394 g/mol. The van der Waals surface area contributed by atoms with Crippen LogP contribution in [0, 0.1) is 5.92 Å². The first-order valence-electron chi connectivity index (χ1n) is 8.54. The lowest BCUT2D eigenvalue weighted by Crippen LogP contribution is -2.39. The molecule has 1 saturated heterocycles. The van der Waals surface area contributed by atoms with Crippen LogP contribution in [-0.2, 0) is 6.42 Å². The summed E-state index contributed by atoms with van der Waals surface area (Å²) in [6, 6.07) is 13.7. The fraction of sp³-hybridized carbons (Fsp3) is 0.350. The zero-order valence-corrected chi connectivity index (χ0v) is 16.4. The van der Waals surface area contributed by atoms with E-state index in [0.29, 0.717) is 27.9 Å². The number of methoxy groups -OCH3 is 1. The van der Waals surface area contributed by atoms with Gasteiger partial charge in [-0.1, -0.05) is 41.9 Å². The van der Waals surface area contributed by atoms with E-state index in [1.165, 1.54) is 12.7 Å². The number of hydrogen-bond acceptors (Lipinski definition) is 3. The normalized spacial score (nSPS) is 14.6. The van der Waals surface area contributed by atoms with Crippen LogP contribution in [0.5, 0.6) is 5.75 Å². The molecule has 2 aromatic carbocycles. The first-order valence-corrected chi connectivity index (χ1v) is 8.92. The number of anilines is 1. The lowest BCUT2D eigenvalue weighted by Gasteiger charge is -2.32. The minimum Gasteiger partial charge on any atom is -0.496 e. The highest BCUT2D eigenvalue weighted by atomic mass is 35.5. The molecule has 0 saturated carbocycles. The number of nitrogen functional groups attached to an aromatic ring is 1. The van der Waals surface area contributed by atoms with Crippen molar-refractivity contribution in [3.05, 3.63) is 58.6 Å². The van der Waals surface area contributed by atoms with Crippen molar-refractivity contribution < 1.29 is 9.53 Å². The molecule has 1 aliphatic heterocycles. The van der Waals surface area contributed by atoms with Gasteiger partial charge >= 0.3 is 0 Å². The lowest BCUT2D eigenvalue weighted by atomic mass is 9.90. The van der Waals surface area contributed by atoms with Crippen molar-refractivity contribution in [3.8, 4) is 5.75 Å². The number of benzene rings is 2. The summed E-state index contributed by atoms with van der Waals surface area (Å²) in [5, 5.41) is 0.378. The molecule has 2 N–H and O–H groups in total. The maximum atomic E-state index is 12.9. The van der Waals surface area contributed by atoms with Gasteiger partial charge < -0.3 is 15.4 Å². The molecule has 1 fully saturated rings. The van der Waals surface area contributed by atoms with Gasteiger partial charge in [0.15, 0.2) is 0 Å². The molecule has 0 radical (unpaired) electrons. The summed E-state index contributed by atoms with van der Waals surface area (Å²) in [7, 11) is 1.53. The van der Waals surface area contributed by atoms with E-state index >= 15 is 0 Å². The Morgan fingerprint density at radius 2 is 1.88 bits per heavy atom. The number of piperidine rings is 1. The van der Waals surface area contributed by atoms with Gasteiger partial charge in [0.05, 0.1) is 23.4 Å². The summed E-state index contributed by atoms with van der Waals surface area (Å²) in [4.78, 5) is 14.7. The second kappa shape index (κ2) is 9.15. The van der Waals surface area contributed by atoms with Crippen LogP contribution in [0.3, 0.4) is 0 Å². The summed E-state index contributed by atoms with van der Waals surface area (Å²) in [6.45, 7) is 1.50. The van der Waals surface area contributed by atoms with E-state index in [4.69, 9.17) is 22.1 Å². The largest absolute Gasteiger partial charge is 0.496 e. The average molecular weight is 395 g/mol. The number of ether oxygens (including phenoxy) is 1. The van der Waals surface area contributed by atoms with Crippen molar-refractivity contribution in [1.82, 2.24) is 4.90 Å². The fourth-order valence-corrected chi connectivity index (χ4v) is 3.53. The number of nitrogens with zero attached hydrogens (tertiary/aromatic N) is 1. The number of amides is 1. The van der Waals surface area contributed by atoms with E-state index in [2.05, 4.69) is 24.3 Å². The minimum absolute atomic E-state index is 0. The van der Waals surface area contributed by atoms with Crippen molar-refractivity contribution in [1.29, 1.82) is 0 Å². The van der Waals surface area contributed by atoms with E-state index in [0.717, 1.165) is 32.4 Å². The van der Waals surface area contributed by atoms with Crippen molar-refractivity contribution in [3.63, 3.8) is 0 Å². The SMILES string of the molecule is COc1cc(N)c(Cl)cc1C(=O)N1CCC(Cc2ccccc2)CC1.Cl. The first-order chi connectivity index (χ1) is 12.1. The number of carbonyl (C=O) groups excluding carboxylic acids is 1. The van der Waals surface area contributed by atoms with Crippen LogP contribution in [0.25, 0.3) is 0 Å². The van der Waals surface area contributed by atoms with Crippen LogP contribution >= 0.6 is 24.0 Å². The Hall–Kier alpha value is -1.91. The smallest absolute Gasteiger partial charge is 0.257 e. The third-order valence-electron chi connectivity index (χ3n) is 4.82. The van der Waals surface area contributed by atoms with E-state index < -0.39 is 0 Å². The van der Waals surface area contributed by atoms with Crippen LogP contribution in [0.2, 0.25) is 5.02 Å². The Morgan fingerprint density at radius 1 is 1.23 bits per heavy atom. The van der Waals surface area contributed by atoms with Gasteiger partial charge in [0.25, 0.3) is 5.91 Å². The zero-order chi connectivity index (χ0) is 17.8. The van der Waals surface area contributed by atoms with Crippen molar-refractivity contribution in [2.45, 2.75) is 19.3 Å². The summed E-state index contributed by atoms with van der Waals surface area (Å²) in [6.07, 6.45) is 3.08. The van der Waals surface area contributed by atoms with Crippen molar-refractivity contribution in [2.75, 3.05) is 25.9 Å². The number of hydrogen-bond donors (Lipinski definition) is 1. The molecule has 1 heterocycles. The predicted octanol–water partition coefficient (Wildman–Crippen LogP) is 4.45. The second-order valence-corrected chi connectivity index (χ2v) is 6.91. The average Bonchev–Trinajstić information content (AvgIpc) is 2.64. The van der Waals surface area contributed by atoms with Gasteiger partial charge in [0.1, 0.15) is 5.75 Å². The van der Waals surface area contributed by atoms with Gasteiger partial charge in [-0.2, -0.15) is 0 Å². The highest BCUT2D eigenvalue weighted by molar-refractivity contribution is 6.33. The zero-order valence-electron chi connectivity index (χ0n) is 14.8. The molecule has 1 aliphatic rings. The van der Waals surface area contributed by atoms with Crippen LogP contribution < -0.4 is 10.5 Å². The summed E-state index contributed by atoms with van der Waals surface area (Å²) >= 11 is 6.09. The molecule has 2 aromatic rings. The predicted molar refractivity (Wildman–Crippen MR) is 108 cm³/mol. The molecule has 0 aliphatic carbocycles. The summed E-state index contributed by atoms with van der Waals surface area (Å²) in [5.41, 5.74) is 8.05. The maximum absolute atomic E-state index is 12.9. The van der Waals surface area contributed by atoms with E-state index in [1.54, 1.807) is 12.1 Å². The first kappa shape index (κ1) is 20.4. The topological polar surface area (TPSA) is 55.6 Å². The molecule has 4 nitrogen and oxygen atoms in total. The number of carbonyl (C=O) groups is 1. The summed E-state index contributed by atoms with van der Waals surface area (Å²) in [5.74, 6) is 1.04.